The van der Waals surface area contributed by atoms with Gasteiger partial charge in [-0.05, 0) is 123 Å². The summed E-state index contributed by atoms with van der Waals surface area (Å²) in [5.41, 5.74) is 20.8. The van der Waals surface area contributed by atoms with E-state index in [2.05, 4.69) is 210 Å². The van der Waals surface area contributed by atoms with Gasteiger partial charge in [0.15, 0.2) is 0 Å². The van der Waals surface area contributed by atoms with Crippen molar-refractivity contribution in [3.8, 4) is 66.8 Å². The van der Waals surface area contributed by atoms with Gasteiger partial charge in [-0.3, -0.25) is 0 Å². The first-order chi connectivity index (χ1) is 27.3. The molecule has 0 unspecified atom stereocenters. The maximum absolute atomic E-state index is 2.48. The van der Waals surface area contributed by atoms with Crippen molar-refractivity contribution >= 4 is 21.5 Å². The van der Waals surface area contributed by atoms with Gasteiger partial charge < -0.3 is 0 Å². The Morgan fingerprint density at radius 3 is 1.05 bits per heavy atom. The van der Waals surface area contributed by atoms with Crippen molar-refractivity contribution in [3.05, 3.63) is 204 Å². The largest absolute Gasteiger partial charge is 0.0622 e. The molecule has 9 aromatic carbocycles. The smallest absolute Gasteiger partial charge is 0.0165 e. The lowest BCUT2D eigenvalue weighted by Gasteiger charge is -2.28. The maximum Gasteiger partial charge on any atom is 0.0165 e. The molecule has 0 N–H and O–H groups in total. The van der Waals surface area contributed by atoms with Crippen LogP contribution in [0.15, 0.2) is 182 Å². The van der Waals surface area contributed by atoms with Crippen LogP contribution in [0, 0.1) is 0 Å². The molecule has 0 nitrogen and oxygen atoms in total. The average molecular weight is 715 g/mol. The number of hydrogen-bond donors (Lipinski definition) is 0. The van der Waals surface area contributed by atoms with Gasteiger partial charge in [0, 0.05) is 10.8 Å². The summed E-state index contributed by atoms with van der Waals surface area (Å²) in [6.45, 7) is 9.65. The summed E-state index contributed by atoms with van der Waals surface area (Å²) in [6, 6.07) is 68.3. The summed E-state index contributed by atoms with van der Waals surface area (Å²) >= 11 is 0. The Bertz CT molecular complexity index is 2840. The Morgan fingerprint density at radius 1 is 0.268 bits per heavy atom. The Kier molecular flexibility index (Phi) is 7.05. The van der Waals surface area contributed by atoms with Crippen LogP contribution in [0.3, 0.4) is 0 Å². The molecular weight excluding hydrogens is 673 g/mol. The molecule has 11 rings (SSSR count). The lowest BCUT2D eigenvalue weighted by molar-refractivity contribution is 0.662. The fourth-order valence-corrected chi connectivity index (χ4v) is 10.5. The average Bonchev–Trinajstić information content (AvgIpc) is 3.63. The quantitative estimate of drug-likeness (QED) is 0.159. The first-order valence-corrected chi connectivity index (χ1v) is 19.9. The van der Waals surface area contributed by atoms with Crippen molar-refractivity contribution in [3.63, 3.8) is 0 Å². The number of benzene rings is 9. The molecule has 266 valence electrons. The third-order valence-corrected chi connectivity index (χ3v) is 13.0. The van der Waals surface area contributed by atoms with Gasteiger partial charge in [0.1, 0.15) is 0 Å². The molecular formula is C56H42. The van der Waals surface area contributed by atoms with E-state index in [4.69, 9.17) is 0 Å². The van der Waals surface area contributed by atoms with Crippen LogP contribution in [0.1, 0.15) is 49.9 Å². The summed E-state index contributed by atoms with van der Waals surface area (Å²) in [5, 5.41) is 5.13. The van der Waals surface area contributed by atoms with Crippen LogP contribution in [0.25, 0.3) is 88.3 Å². The van der Waals surface area contributed by atoms with Gasteiger partial charge in [-0.25, -0.2) is 0 Å². The van der Waals surface area contributed by atoms with E-state index in [0.29, 0.717) is 0 Å². The van der Waals surface area contributed by atoms with Crippen LogP contribution in [-0.2, 0) is 10.8 Å². The van der Waals surface area contributed by atoms with E-state index in [-0.39, 0.29) is 10.8 Å². The van der Waals surface area contributed by atoms with Crippen LogP contribution in [0.2, 0.25) is 0 Å². The second kappa shape index (κ2) is 12.0. The summed E-state index contributed by atoms with van der Waals surface area (Å²) in [4.78, 5) is 0. The normalized spacial score (nSPS) is 14.4. The van der Waals surface area contributed by atoms with E-state index in [1.807, 2.05) is 0 Å². The Labute approximate surface area is 329 Å². The molecule has 2 aliphatic rings. The standard InChI is InChI=1S/C56H42/c1-55(2)49-27-13-11-21-39(49)43-23-15-25-45(53(43)55)51-41-31-29-38(36-19-9-6-10-20-36)34-48(41)52(42-32-30-37(33-47(42)51)35-17-7-5-8-18-35)46-26-16-24-44-40-22-12-14-28-50(40)56(3,4)54(44)46/h5-34H,1-4H3. The lowest BCUT2D eigenvalue weighted by atomic mass is 9.74. The predicted molar refractivity (Wildman–Crippen MR) is 238 cm³/mol. The minimum atomic E-state index is -0.170. The second-order valence-electron chi connectivity index (χ2n) is 16.8. The maximum atomic E-state index is 2.48. The molecule has 0 saturated heterocycles. The summed E-state index contributed by atoms with van der Waals surface area (Å²) < 4.78 is 0. The minimum absolute atomic E-state index is 0.170. The molecule has 0 amide bonds. The zero-order valence-corrected chi connectivity index (χ0v) is 32.3. The molecule has 0 bridgehead atoms. The van der Waals surface area contributed by atoms with E-state index >= 15 is 0 Å². The third kappa shape index (κ3) is 4.60. The van der Waals surface area contributed by atoms with Gasteiger partial charge in [0.25, 0.3) is 0 Å². The van der Waals surface area contributed by atoms with Gasteiger partial charge in [-0.15, -0.1) is 0 Å². The number of fused-ring (bicyclic) bond motifs is 8. The van der Waals surface area contributed by atoms with Crippen molar-refractivity contribution in [1.82, 2.24) is 0 Å². The molecule has 9 aromatic rings. The zero-order chi connectivity index (χ0) is 37.8. The van der Waals surface area contributed by atoms with Crippen molar-refractivity contribution in [2.24, 2.45) is 0 Å². The van der Waals surface area contributed by atoms with Gasteiger partial charge in [0.05, 0.1) is 0 Å². The van der Waals surface area contributed by atoms with Crippen LogP contribution >= 0.6 is 0 Å². The number of rotatable bonds is 4. The van der Waals surface area contributed by atoms with E-state index < -0.39 is 0 Å². The Hall–Kier alpha value is -6.50. The van der Waals surface area contributed by atoms with Gasteiger partial charge >= 0.3 is 0 Å². The molecule has 0 saturated carbocycles. The number of hydrogen-bond acceptors (Lipinski definition) is 0. The van der Waals surface area contributed by atoms with Crippen molar-refractivity contribution in [2.75, 3.05) is 0 Å². The van der Waals surface area contributed by atoms with E-state index in [9.17, 15) is 0 Å². The highest BCUT2D eigenvalue weighted by Crippen LogP contribution is 2.57. The molecule has 0 aromatic heterocycles. The van der Waals surface area contributed by atoms with Gasteiger partial charge in [-0.1, -0.05) is 198 Å². The van der Waals surface area contributed by atoms with E-state index in [0.717, 1.165) is 0 Å². The van der Waals surface area contributed by atoms with E-state index in [1.54, 1.807) is 0 Å². The van der Waals surface area contributed by atoms with Crippen LogP contribution < -0.4 is 0 Å². The third-order valence-electron chi connectivity index (χ3n) is 13.0. The highest BCUT2D eigenvalue weighted by Gasteiger charge is 2.40. The van der Waals surface area contributed by atoms with Crippen molar-refractivity contribution in [1.29, 1.82) is 0 Å². The molecule has 0 heteroatoms. The highest BCUT2D eigenvalue weighted by molar-refractivity contribution is 6.24. The summed E-state index contributed by atoms with van der Waals surface area (Å²) in [7, 11) is 0. The fraction of sp³-hybridized carbons (Fsp3) is 0.107. The van der Waals surface area contributed by atoms with Crippen molar-refractivity contribution < 1.29 is 0 Å². The molecule has 0 spiro atoms. The van der Waals surface area contributed by atoms with Crippen LogP contribution in [0.4, 0.5) is 0 Å². The zero-order valence-electron chi connectivity index (χ0n) is 32.3. The lowest BCUT2D eigenvalue weighted by Crippen LogP contribution is -2.16. The molecule has 56 heavy (non-hydrogen) atoms. The first kappa shape index (κ1) is 32.9. The monoisotopic (exact) mass is 714 g/mol. The van der Waals surface area contributed by atoms with Gasteiger partial charge in [0.2, 0.25) is 0 Å². The molecule has 0 atom stereocenters. The van der Waals surface area contributed by atoms with E-state index in [1.165, 1.54) is 111 Å². The second-order valence-corrected chi connectivity index (χ2v) is 16.8. The van der Waals surface area contributed by atoms with Crippen LogP contribution in [-0.4, -0.2) is 0 Å². The van der Waals surface area contributed by atoms with Crippen molar-refractivity contribution in [2.45, 2.75) is 38.5 Å². The summed E-state index contributed by atoms with van der Waals surface area (Å²) in [5.74, 6) is 0. The van der Waals surface area contributed by atoms with Crippen LogP contribution in [0.5, 0.6) is 0 Å². The van der Waals surface area contributed by atoms with Gasteiger partial charge in [-0.2, -0.15) is 0 Å². The predicted octanol–water partition coefficient (Wildman–Crippen LogP) is 15.3. The molecule has 0 heterocycles. The molecule has 0 fully saturated rings. The Balaban J connectivity index is 1.32. The summed E-state index contributed by atoms with van der Waals surface area (Å²) in [6.07, 6.45) is 0. The molecule has 2 aliphatic carbocycles. The topological polar surface area (TPSA) is 0 Å². The SMILES string of the molecule is CC1(C)c2ccccc2-c2cccc(-c3c4ccc(-c5ccccc5)cc4c(-c4cccc5c4C(C)(C)c4ccccc4-5)c4ccc(-c5ccccc5)cc34)c21. The molecule has 0 aliphatic heterocycles. The fourth-order valence-electron chi connectivity index (χ4n) is 10.5. The molecule has 0 radical (unpaired) electrons. The first-order valence-electron chi connectivity index (χ1n) is 19.9. The highest BCUT2D eigenvalue weighted by atomic mass is 14.4. The minimum Gasteiger partial charge on any atom is -0.0622 e. The Morgan fingerprint density at radius 2 is 0.625 bits per heavy atom.